The van der Waals surface area contributed by atoms with Gasteiger partial charge in [-0.05, 0) is 0 Å². The average Bonchev–Trinajstić information content (AvgIpc) is 2.44. The van der Waals surface area contributed by atoms with Gasteiger partial charge in [0.25, 0.3) is 0 Å². The molecular formula is C8H19NO10P2. The van der Waals surface area contributed by atoms with Gasteiger partial charge in [0.2, 0.25) is 0 Å². The molecule has 3 N–H and O–H groups in total. The highest BCUT2D eigenvalue weighted by atomic mass is 31.2. The van der Waals surface area contributed by atoms with Crippen molar-refractivity contribution < 1.29 is 47.0 Å². The third-order valence-corrected chi connectivity index (χ3v) is 4.02. The summed E-state index contributed by atoms with van der Waals surface area (Å²) in [5, 5.41) is 13.2. The molecule has 0 aromatic rings. The summed E-state index contributed by atoms with van der Waals surface area (Å²) in [6, 6.07) is 0. The van der Waals surface area contributed by atoms with Gasteiger partial charge in [0.1, 0.15) is 19.3 Å². The number of oxime groups is 1. The molecule has 21 heavy (non-hydrogen) atoms. The third-order valence-electron chi connectivity index (χ3n) is 2.09. The Morgan fingerprint density at radius 1 is 1.14 bits per heavy atom. The smallest absolute Gasteiger partial charge is 0.399 e. The Labute approximate surface area is 121 Å². The van der Waals surface area contributed by atoms with Gasteiger partial charge in [-0.1, -0.05) is 5.16 Å². The number of rotatable bonds is 11. The molecule has 0 rings (SSSR count). The van der Waals surface area contributed by atoms with Crippen molar-refractivity contribution in [1.29, 1.82) is 0 Å². The van der Waals surface area contributed by atoms with E-state index in [0.717, 1.165) is 14.2 Å². The number of aliphatic hydroxyl groups is 1. The minimum atomic E-state index is -4.38. The zero-order valence-corrected chi connectivity index (χ0v) is 13.5. The van der Waals surface area contributed by atoms with Gasteiger partial charge in [-0.2, -0.15) is 0 Å². The normalized spacial score (nSPS) is 20.7. The summed E-state index contributed by atoms with van der Waals surface area (Å²) in [6.07, 6.45) is -1.80. The molecule has 3 unspecified atom stereocenters. The maximum atomic E-state index is 11.3. The molecule has 11 nitrogen and oxygen atoms in total. The molecule has 13 heteroatoms. The van der Waals surface area contributed by atoms with Gasteiger partial charge in [-0.25, -0.2) is 9.13 Å². The van der Waals surface area contributed by atoms with Crippen LogP contribution in [0.2, 0.25) is 0 Å². The Kier molecular flexibility index (Phi) is 9.46. The Morgan fingerprint density at radius 3 is 2.19 bits per heavy atom. The molecule has 0 saturated carbocycles. The number of hydrogen-bond donors (Lipinski definition) is 3. The summed E-state index contributed by atoms with van der Waals surface area (Å²) in [6.45, 7) is -0.684. The van der Waals surface area contributed by atoms with Gasteiger partial charge in [-0.15, -0.1) is 0 Å². The summed E-state index contributed by atoms with van der Waals surface area (Å²) in [7, 11) is -5.52. The van der Waals surface area contributed by atoms with Crippen LogP contribution in [0.3, 0.4) is 0 Å². The quantitative estimate of drug-likeness (QED) is 0.268. The molecule has 0 aromatic carbocycles. The molecule has 0 bridgehead atoms. The lowest BCUT2D eigenvalue weighted by molar-refractivity contribution is -0.0128. The van der Waals surface area contributed by atoms with Gasteiger partial charge < -0.3 is 19.7 Å². The second kappa shape index (κ2) is 9.62. The zero-order chi connectivity index (χ0) is 16.5. The first-order chi connectivity index (χ1) is 9.67. The van der Waals surface area contributed by atoms with Crippen LogP contribution < -0.4 is 0 Å². The van der Waals surface area contributed by atoms with E-state index in [-0.39, 0.29) is 6.42 Å². The minimum absolute atomic E-state index is 0.144. The van der Waals surface area contributed by atoms with Crippen molar-refractivity contribution in [3.05, 3.63) is 0 Å². The maximum absolute atomic E-state index is 11.3. The van der Waals surface area contributed by atoms with Crippen LogP contribution in [0.25, 0.3) is 0 Å². The molecule has 0 heterocycles. The summed E-state index contributed by atoms with van der Waals surface area (Å²) in [5.74, 6) is 0. The molecule has 0 fully saturated rings. The Hall–Kier alpha value is -0.350. The van der Waals surface area contributed by atoms with E-state index in [1.165, 1.54) is 13.3 Å². The highest BCUT2D eigenvalue weighted by Gasteiger charge is 2.31. The van der Waals surface area contributed by atoms with Crippen LogP contribution in [0.4, 0.5) is 0 Å². The van der Waals surface area contributed by atoms with Crippen molar-refractivity contribution in [1.82, 2.24) is 0 Å². The fourth-order valence-corrected chi connectivity index (χ4v) is 2.14. The highest BCUT2D eigenvalue weighted by Crippen LogP contribution is 2.45. The monoisotopic (exact) mass is 351 g/mol. The number of hydrogen-bond acceptors (Lipinski definition) is 9. The Balaban J connectivity index is 4.73. The van der Waals surface area contributed by atoms with Crippen LogP contribution in [0.1, 0.15) is 6.42 Å². The van der Waals surface area contributed by atoms with Crippen molar-refractivity contribution >= 4 is 21.9 Å². The summed E-state index contributed by atoms with van der Waals surface area (Å²) < 4.78 is 40.0. The van der Waals surface area contributed by atoms with Crippen LogP contribution in [0.5, 0.6) is 0 Å². The van der Waals surface area contributed by atoms with Gasteiger partial charge in [0.15, 0.2) is 0 Å². The zero-order valence-electron chi connectivity index (χ0n) is 11.7. The first-order valence-corrected chi connectivity index (χ1v) is 8.49. The molecule has 0 aliphatic rings. The fourth-order valence-electron chi connectivity index (χ4n) is 1.04. The van der Waals surface area contributed by atoms with Crippen molar-refractivity contribution in [2.24, 2.45) is 5.16 Å². The molecule has 126 valence electrons. The minimum Gasteiger partial charge on any atom is -0.399 e. The van der Waals surface area contributed by atoms with Crippen molar-refractivity contribution in [2.75, 3.05) is 27.9 Å². The lowest BCUT2D eigenvalue weighted by atomic mass is 10.2. The van der Waals surface area contributed by atoms with Gasteiger partial charge in [-0.3, -0.25) is 18.1 Å². The van der Waals surface area contributed by atoms with Crippen LogP contribution in [-0.2, 0) is 32.1 Å². The molecule has 0 amide bonds. The maximum Gasteiger partial charge on any atom is 0.472 e. The van der Waals surface area contributed by atoms with E-state index in [9.17, 15) is 19.1 Å². The van der Waals surface area contributed by atoms with E-state index >= 15 is 0 Å². The molecule has 0 spiro atoms. The van der Waals surface area contributed by atoms with Crippen LogP contribution in [-0.4, -0.2) is 61.3 Å². The molecule has 0 aliphatic heterocycles. The van der Waals surface area contributed by atoms with Crippen molar-refractivity contribution in [2.45, 2.75) is 18.6 Å². The predicted octanol–water partition coefficient (Wildman–Crippen LogP) is 0.265. The summed E-state index contributed by atoms with van der Waals surface area (Å²) >= 11 is 0. The molecule has 4 atom stereocenters. The van der Waals surface area contributed by atoms with E-state index in [0.29, 0.717) is 0 Å². The molecule has 0 radical (unpaired) electrons. The van der Waals surface area contributed by atoms with Crippen LogP contribution in [0, 0.1) is 0 Å². The third kappa shape index (κ3) is 9.30. The first kappa shape index (κ1) is 20.6. The topological polar surface area (TPSA) is 153 Å². The van der Waals surface area contributed by atoms with E-state index < -0.39 is 34.5 Å². The highest BCUT2D eigenvalue weighted by molar-refractivity contribution is 7.47. The summed E-state index contributed by atoms with van der Waals surface area (Å²) in [5.41, 5.74) is 0. The Bertz CT molecular complexity index is 416. The predicted molar refractivity (Wildman–Crippen MR) is 70.6 cm³/mol. The molecule has 0 aromatic heterocycles. The molecule has 0 saturated heterocycles. The number of phosphoric ester groups is 2. The van der Waals surface area contributed by atoms with Gasteiger partial charge in [0, 0.05) is 26.9 Å². The van der Waals surface area contributed by atoms with Crippen molar-refractivity contribution in [3.63, 3.8) is 0 Å². The fraction of sp³-hybridized carbons (Fsp3) is 0.875. The van der Waals surface area contributed by atoms with E-state index in [1.54, 1.807) is 0 Å². The number of phosphoric acid groups is 2. The average molecular weight is 351 g/mol. The SMILES string of the molecule is CON=CCC(OP(=O)(O)OC)[C@H](O)COP(=O)(O)OC. The second-order valence-electron chi connectivity index (χ2n) is 3.52. The second-order valence-corrected chi connectivity index (χ2v) is 6.59. The largest absolute Gasteiger partial charge is 0.472 e. The summed E-state index contributed by atoms with van der Waals surface area (Å²) in [4.78, 5) is 22.7. The first-order valence-electron chi connectivity index (χ1n) is 5.50. The lowest BCUT2D eigenvalue weighted by Gasteiger charge is -2.23. The Morgan fingerprint density at radius 2 is 1.71 bits per heavy atom. The van der Waals surface area contributed by atoms with Crippen molar-refractivity contribution in [3.8, 4) is 0 Å². The number of aliphatic hydroxyl groups excluding tert-OH is 1. The number of nitrogens with zero attached hydrogens (tertiary/aromatic N) is 1. The van der Waals surface area contributed by atoms with E-state index in [1.807, 2.05) is 0 Å². The van der Waals surface area contributed by atoms with Gasteiger partial charge >= 0.3 is 15.6 Å². The van der Waals surface area contributed by atoms with Crippen LogP contribution >= 0.6 is 15.6 Å². The lowest BCUT2D eigenvalue weighted by Crippen LogP contribution is -2.32. The van der Waals surface area contributed by atoms with E-state index in [2.05, 4.69) is 23.6 Å². The van der Waals surface area contributed by atoms with Crippen LogP contribution in [0.15, 0.2) is 5.16 Å². The standard InChI is InChI=1S/C8H19NO10P2/c1-15-9-5-4-8(19-21(13,14)17-3)7(10)6-18-20(11,12)16-2/h5,7-8,10H,4,6H2,1-3H3,(H,11,12)(H,13,14)/t7-,8?/m1/s1. The molecular weight excluding hydrogens is 332 g/mol. The van der Waals surface area contributed by atoms with Gasteiger partial charge in [0.05, 0.1) is 6.61 Å². The van der Waals surface area contributed by atoms with E-state index in [4.69, 9.17) is 9.42 Å². The molecule has 0 aliphatic carbocycles.